The average molecular weight is 380 g/mol. The second-order valence-corrected chi connectivity index (χ2v) is 9.32. The maximum Gasteiger partial charge on any atom is 0.263 e. The number of fused-ring (bicyclic) bond motifs is 1. The molecule has 1 aliphatic carbocycles. The maximum absolute atomic E-state index is 12.8. The monoisotopic (exact) mass is 380 g/mol. The van der Waals surface area contributed by atoms with Crippen molar-refractivity contribution in [2.45, 2.75) is 31.3 Å². The first-order chi connectivity index (χ1) is 12.4. The zero-order valence-corrected chi connectivity index (χ0v) is 14.9. The number of sulfone groups is 1. The number of aromatic nitrogens is 2. The molecule has 9 nitrogen and oxygen atoms in total. The molecule has 2 aliphatic heterocycles. The maximum atomic E-state index is 12.8. The number of hydrogen-bond donors (Lipinski definition) is 1. The summed E-state index contributed by atoms with van der Waals surface area (Å²) in [5.74, 6) is -0.890. The average Bonchev–Trinajstić information content (AvgIpc) is 2.86. The molecule has 0 aromatic carbocycles. The molecule has 2 amide bonds. The van der Waals surface area contributed by atoms with E-state index in [0.717, 1.165) is 19.3 Å². The Kier molecular flexibility index (Phi) is 4.09. The van der Waals surface area contributed by atoms with Gasteiger partial charge in [-0.25, -0.2) is 13.4 Å². The van der Waals surface area contributed by atoms with E-state index in [4.69, 9.17) is 0 Å². The van der Waals surface area contributed by atoms with E-state index >= 15 is 0 Å². The molecular weight excluding hydrogens is 360 g/mol. The Hall–Kier alpha value is -2.23. The molecule has 3 fully saturated rings. The Morgan fingerprint density at radius 3 is 2.38 bits per heavy atom. The van der Waals surface area contributed by atoms with E-state index in [0.29, 0.717) is 0 Å². The normalized spacial score (nSPS) is 27.7. The van der Waals surface area contributed by atoms with Gasteiger partial charge in [0.15, 0.2) is 9.84 Å². The van der Waals surface area contributed by atoms with Crippen LogP contribution in [0, 0.1) is 5.92 Å². The van der Waals surface area contributed by atoms with Crippen molar-refractivity contribution in [1.29, 1.82) is 0 Å². The summed E-state index contributed by atoms with van der Waals surface area (Å²) in [7, 11) is -3.36. The molecule has 0 spiro atoms. The minimum Gasteiger partial charge on any atom is -0.335 e. The van der Waals surface area contributed by atoms with Crippen LogP contribution in [0.2, 0.25) is 0 Å². The van der Waals surface area contributed by atoms with Crippen molar-refractivity contribution < 1.29 is 18.0 Å². The van der Waals surface area contributed by atoms with Crippen LogP contribution in [0.25, 0.3) is 0 Å². The van der Waals surface area contributed by atoms with Crippen molar-refractivity contribution in [1.82, 2.24) is 19.8 Å². The topological polar surface area (TPSA) is 121 Å². The molecule has 1 saturated carbocycles. The van der Waals surface area contributed by atoms with Crippen molar-refractivity contribution in [3.8, 4) is 0 Å². The quantitative estimate of drug-likeness (QED) is 0.704. The van der Waals surface area contributed by atoms with Crippen LogP contribution in [-0.2, 0) is 14.6 Å². The number of carbonyl (C=O) groups excluding carboxylic acids is 2. The minimum atomic E-state index is -3.36. The van der Waals surface area contributed by atoms with E-state index in [-0.39, 0.29) is 42.0 Å². The third-order valence-corrected chi connectivity index (χ3v) is 7.32. The highest BCUT2D eigenvalue weighted by atomic mass is 32.2. The summed E-state index contributed by atoms with van der Waals surface area (Å²) < 4.78 is 24.5. The number of nitrogens with one attached hydrogen (secondary N) is 1. The number of piperazine rings is 1. The molecule has 0 radical (unpaired) electrons. The van der Waals surface area contributed by atoms with Crippen molar-refractivity contribution in [3.05, 3.63) is 28.4 Å². The molecule has 1 aromatic heterocycles. The van der Waals surface area contributed by atoms with Gasteiger partial charge < -0.3 is 14.8 Å². The number of H-pyrrole nitrogens is 1. The van der Waals surface area contributed by atoms with Gasteiger partial charge in [-0.05, 0) is 12.8 Å². The molecular formula is C16H20N4O5S. The van der Waals surface area contributed by atoms with Gasteiger partial charge in [-0.1, -0.05) is 6.42 Å². The van der Waals surface area contributed by atoms with E-state index in [1.807, 2.05) is 0 Å². The fourth-order valence-electron chi connectivity index (χ4n) is 4.02. The lowest BCUT2D eigenvalue weighted by atomic mass is 9.83. The summed E-state index contributed by atoms with van der Waals surface area (Å²) in [5, 5.41) is 0. The van der Waals surface area contributed by atoms with Gasteiger partial charge in [0.2, 0.25) is 5.91 Å². The molecule has 2 atom stereocenters. The lowest BCUT2D eigenvalue weighted by Crippen LogP contribution is -2.63. The molecule has 26 heavy (non-hydrogen) atoms. The molecule has 3 heterocycles. The molecule has 1 N–H and O–H groups in total. The summed E-state index contributed by atoms with van der Waals surface area (Å²) in [6.07, 6.45) is 5.08. The number of nitrogens with zero attached hydrogens (tertiary/aromatic N) is 3. The molecule has 140 valence electrons. The molecule has 10 heteroatoms. The first kappa shape index (κ1) is 17.2. The van der Waals surface area contributed by atoms with Crippen LogP contribution in [-0.4, -0.2) is 76.7 Å². The number of carbonyl (C=O) groups is 2. The second kappa shape index (κ2) is 6.19. The van der Waals surface area contributed by atoms with Crippen molar-refractivity contribution in [3.63, 3.8) is 0 Å². The molecule has 0 bridgehead atoms. The van der Waals surface area contributed by atoms with Crippen LogP contribution in [0.1, 0.15) is 29.6 Å². The largest absolute Gasteiger partial charge is 0.335 e. The van der Waals surface area contributed by atoms with Gasteiger partial charge >= 0.3 is 0 Å². The van der Waals surface area contributed by atoms with Crippen molar-refractivity contribution >= 4 is 21.7 Å². The van der Waals surface area contributed by atoms with Crippen LogP contribution in [0.3, 0.4) is 0 Å². The number of amides is 2. The fraction of sp³-hybridized carbons (Fsp3) is 0.625. The zero-order valence-electron chi connectivity index (χ0n) is 14.1. The van der Waals surface area contributed by atoms with Crippen LogP contribution < -0.4 is 5.56 Å². The van der Waals surface area contributed by atoms with E-state index in [9.17, 15) is 22.8 Å². The van der Waals surface area contributed by atoms with E-state index in [1.54, 1.807) is 4.90 Å². The summed E-state index contributed by atoms with van der Waals surface area (Å²) in [4.78, 5) is 46.6. The molecule has 4 rings (SSSR count). The Morgan fingerprint density at radius 1 is 1.12 bits per heavy atom. The summed E-state index contributed by atoms with van der Waals surface area (Å²) in [6.45, 7) is 0.498. The van der Waals surface area contributed by atoms with Crippen LogP contribution in [0.15, 0.2) is 17.3 Å². The van der Waals surface area contributed by atoms with Gasteiger partial charge in [-0.15, -0.1) is 0 Å². The highest BCUT2D eigenvalue weighted by Gasteiger charge is 2.50. The Morgan fingerprint density at radius 2 is 1.77 bits per heavy atom. The van der Waals surface area contributed by atoms with E-state index in [1.165, 1.54) is 17.4 Å². The predicted octanol–water partition coefficient (Wildman–Crippen LogP) is -0.980. The summed E-state index contributed by atoms with van der Waals surface area (Å²) >= 11 is 0. The third-order valence-electron chi connectivity index (χ3n) is 5.62. The Bertz CT molecular complexity index is 907. The molecule has 0 unspecified atom stereocenters. The minimum absolute atomic E-state index is 0.00493. The molecule has 1 aromatic rings. The second-order valence-electron chi connectivity index (χ2n) is 7.16. The lowest BCUT2D eigenvalue weighted by Gasteiger charge is -2.45. The lowest BCUT2D eigenvalue weighted by molar-refractivity contribution is -0.143. The molecule has 2 saturated heterocycles. The van der Waals surface area contributed by atoms with Gasteiger partial charge in [-0.3, -0.25) is 14.4 Å². The van der Waals surface area contributed by atoms with E-state index in [2.05, 4.69) is 9.97 Å². The van der Waals surface area contributed by atoms with Gasteiger partial charge in [0.1, 0.15) is 5.56 Å². The first-order valence-corrected chi connectivity index (χ1v) is 10.5. The van der Waals surface area contributed by atoms with Crippen molar-refractivity contribution in [2.24, 2.45) is 5.92 Å². The number of rotatable bonds is 2. The summed E-state index contributed by atoms with van der Waals surface area (Å²) in [5.41, 5.74) is -0.676. The first-order valence-electron chi connectivity index (χ1n) is 8.72. The zero-order chi connectivity index (χ0) is 18.5. The van der Waals surface area contributed by atoms with Gasteiger partial charge in [-0.2, -0.15) is 0 Å². The van der Waals surface area contributed by atoms with Gasteiger partial charge in [0.05, 0.1) is 29.9 Å². The third kappa shape index (κ3) is 2.81. The summed E-state index contributed by atoms with van der Waals surface area (Å²) in [6, 6.07) is -1.16. The van der Waals surface area contributed by atoms with E-state index < -0.39 is 33.4 Å². The molecule has 3 aliphatic rings. The van der Waals surface area contributed by atoms with Crippen LogP contribution >= 0.6 is 0 Å². The Balaban J connectivity index is 1.63. The standard InChI is InChI=1S/C16H20N4O5S/c21-14-11(6-17-9-18-14)16(23)20-5-4-19(15(22)10-2-1-3-10)12-7-26(24,25)8-13(12)20/h6,9-10,12-13H,1-5,7-8H2,(H,17,18,21)/t12-,13+/m1/s1. The van der Waals surface area contributed by atoms with Crippen LogP contribution in [0.5, 0.6) is 0 Å². The highest BCUT2D eigenvalue weighted by molar-refractivity contribution is 7.91. The fourth-order valence-corrected chi connectivity index (χ4v) is 6.00. The smallest absolute Gasteiger partial charge is 0.263 e. The number of hydrogen-bond acceptors (Lipinski definition) is 6. The van der Waals surface area contributed by atoms with Crippen molar-refractivity contribution in [2.75, 3.05) is 24.6 Å². The van der Waals surface area contributed by atoms with Gasteiger partial charge in [0, 0.05) is 25.2 Å². The van der Waals surface area contributed by atoms with Gasteiger partial charge in [0.25, 0.3) is 11.5 Å². The van der Waals surface area contributed by atoms with Crippen LogP contribution in [0.4, 0.5) is 0 Å². The highest BCUT2D eigenvalue weighted by Crippen LogP contribution is 2.33. The predicted molar refractivity (Wildman–Crippen MR) is 91.2 cm³/mol. The SMILES string of the molecule is O=C(C1CCC1)N1CCN(C(=O)c2cnc[nH]c2=O)[C@H]2CS(=O)(=O)C[C@H]21. The Labute approximate surface area is 150 Å². The number of aromatic amines is 1.